The maximum atomic E-state index is 11.5. The van der Waals surface area contributed by atoms with E-state index in [-0.39, 0.29) is 5.16 Å². The summed E-state index contributed by atoms with van der Waals surface area (Å²) in [5.41, 5.74) is 0.558. The fourth-order valence-corrected chi connectivity index (χ4v) is 2.74. The Hall–Kier alpha value is -1.67. The molecule has 0 N–H and O–H groups in total. The van der Waals surface area contributed by atoms with Gasteiger partial charge in [-0.3, -0.25) is 4.57 Å². The summed E-state index contributed by atoms with van der Waals surface area (Å²) in [6.45, 7) is 2.33. The van der Waals surface area contributed by atoms with Gasteiger partial charge in [0.05, 0.1) is 12.7 Å². The van der Waals surface area contributed by atoms with Crippen LogP contribution in [0.5, 0.6) is 5.88 Å². The Balaban J connectivity index is 2.66. The number of aromatic nitrogens is 4. The quantitative estimate of drug-likeness (QED) is 0.780. The molecule has 0 spiro atoms. The number of hydrogen-bond donors (Lipinski definition) is 0. The second-order valence-corrected chi connectivity index (χ2v) is 6.42. The highest BCUT2D eigenvalue weighted by Crippen LogP contribution is 2.28. The van der Waals surface area contributed by atoms with Crippen LogP contribution in [0, 0.1) is 0 Å². The molecule has 0 saturated heterocycles. The Morgan fingerprint density at radius 3 is 2.75 bits per heavy atom. The first-order chi connectivity index (χ1) is 9.49. The first-order valence-corrected chi connectivity index (χ1v) is 8.17. The summed E-state index contributed by atoms with van der Waals surface area (Å²) >= 11 is 0. The van der Waals surface area contributed by atoms with E-state index in [0.29, 0.717) is 30.2 Å². The van der Waals surface area contributed by atoms with Gasteiger partial charge in [-0.2, -0.15) is 0 Å². The van der Waals surface area contributed by atoms with Gasteiger partial charge < -0.3 is 4.74 Å². The van der Waals surface area contributed by atoms with Crippen molar-refractivity contribution in [1.29, 1.82) is 0 Å². The molecule has 20 heavy (non-hydrogen) atoms. The zero-order valence-corrected chi connectivity index (χ0v) is 12.5. The average molecular weight is 317 g/mol. The zero-order chi connectivity index (χ0) is 14.8. The van der Waals surface area contributed by atoms with E-state index in [1.807, 2.05) is 6.92 Å². The van der Waals surface area contributed by atoms with Crippen LogP contribution in [-0.2, 0) is 15.6 Å². The molecule has 2 aromatic rings. The molecule has 0 amide bonds. The standard InChI is InChI=1S/C11H13ClN4O3S/c1-3-7-16-9(14-15-11(16)20(12,17)18)8-5-4-6-13-10(8)19-2/h4-6H,3,7H2,1-2H3. The molecule has 0 bridgehead atoms. The van der Waals surface area contributed by atoms with E-state index in [0.717, 1.165) is 0 Å². The topological polar surface area (TPSA) is 87.0 Å². The van der Waals surface area contributed by atoms with Crippen molar-refractivity contribution in [3.63, 3.8) is 0 Å². The van der Waals surface area contributed by atoms with Gasteiger partial charge in [-0.25, -0.2) is 13.4 Å². The second kappa shape index (κ2) is 5.76. The number of methoxy groups -OCH3 is 1. The lowest BCUT2D eigenvalue weighted by molar-refractivity contribution is 0.399. The summed E-state index contributed by atoms with van der Waals surface area (Å²) in [6.07, 6.45) is 2.27. The Labute approximate surface area is 121 Å². The third-order valence-corrected chi connectivity index (χ3v) is 3.74. The molecule has 0 aliphatic carbocycles. The monoisotopic (exact) mass is 316 g/mol. The Morgan fingerprint density at radius 1 is 1.40 bits per heavy atom. The minimum absolute atomic E-state index is 0.276. The van der Waals surface area contributed by atoms with Crippen molar-refractivity contribution < 1.29 is 13.2 Å². The molecule has 2 rings (SSSR count). The summed E-state index contributed by atoms with van der Waals surface area (Å²) in [5.74, 6) is 0.701. The van der Waals surface area contributed by atoms with E-state index in [9.17, 15) is 8.42 Å². The highest BCUT2D eigenvalue weighted by molar-refractivity contribution is 8.13. The molecule has 0 aliphatic rings. The lowest BCUT2D eigenvalue weighted by Gasteiger charge is -2.09. The molecule has 0 fully saturated rings. The molecule has 0 radical (unpaired) electrons. The third kappa shape index (κ3) is 2.75. The molecule has 0 saturated carbocycles. The maximum Gasteiger partial charge on any atom is 0.296 e. The minimum atomic E-state index is -3.96. The van der Waals surface area contributed by atoms with Gasteiger partial charge in [0.15, 0.2) is 5.82 Å². The van der Waals surface area contributed by atoms with Crippen molar-refractivity contribution in [2.75, 3.05) is 7.11 Å². The van der Waals surface area contributed by atoms with Crippen LogP contribution in [0.2, 0.25) is 0 Å². The SMILES string of the molecule is CCCn1c(-c2cccnc2OC)nnc1S(=O)(=O)Cl. The molecule has 2 aromatic heterocycles. The molecule has 0 aromatic carbocycles. The molecule has 108 valence electrons. The van der Waals surface area contributed by atoms with Crippen LogP contribution in [0.3, 0.4) is 0 Å². The van der Waals surface area contributed by atoms with E-state index in [1.165, 1.54) is 11.7 Å². The first kappa shape index (κ1) is 14.7. The fourth-order valence-electron chi connectivity index (χ4n) is 1.82. The van der Waals surface area contributed by atoms with Gasteiger partial charge in [0.1, 0.15) is 0 Å². The molecule has 9 heteroatoms. The van der Waals surface area contributed by atoms with E-state index < -0.39 is 9.05 Å². The van der Waals surface area contributed by atoms with Crippen LogP contribution in [-0.4, -0.2) is 35.3 Å². The fraction of sp³-hybridized carbons (Fsp3) is 0.364. The number of ether oxygens (including phenoxy) is 1. The highest BCUT2D eigenvalue weighted by atomic mass is 35.7. The molecule has 7 nitrogen and oxygen atoms in total. The van der Waals surface area contributed by atoms with Gasteiger partial charge in [-0.05, 0) is 18.6 Å². The number of nitrogens with zero attached hydrogens (tertiary/aromatic N) is 4. The van der Waals surface area contributed by atoms with Gasteiger partial charge in [-0.15, -0.1) is 10.2 Å². The van der Waals surface area contributed by atoms with Crippen LogP contribution >= 0.6 is 10.7 Å². The summed E-state index contributed by atoms with van der Waals surface area (Å²) in [4.78, 5) is 4.06. The summed E-state index contributed by atoms with van der Waals surface area (Å²) in [6, 6.07) is 3.43. The number of halogens is 1. The Bertz CT molecular complexity index is 714. The summed E-state index contributed by atoms with van der Waals surface area (Å²) in [7, 11) is 2.89. The van der Waals surface area contributed by atoms with E-state index in [4.69, 9.17) is 15.4 Å². The maximum absolute atomic E-state index is 11.5. The number of pyridine rings is 1. The van der Waals surface area contributed by atoms with Crippen LogP contribution in [0.15, 0.2) is 23.5 Å². The smallest absolute Gasteiger partial charge is 0.296 e. The van der Waals surface area contributed by atoms with Gasteiger partial charge in [0, 0.05) is 23.4 Å². The Kier molecular flexibility index (Phi) is 4.24. The van der Waals surface area contributed by atoms with Gasteiger partial charge in [-0.1, -0.05) is 6.92 Å². The van der Waals surface area contributed by atoms with Crippen molar-refractivity contribution in [1.82, 2.24) is 19.7 Å². The van der Waals surface area contributed by atoms with Crippen LogP contribution in [0.4, 0.5) is 0 Å². The van der Waals surface area contributed by atoms with Gasteiger partial charge in [0.25, 0.3) is 14.2 Å². The minimum Gasteiger partial charge on any atom is -0.480 e. The van der Waals surface area contributed by atoms with Crippen molar-refractivity contribution in [2.24, 2.45) is 0 Å². The van der Waals surface area contributed by atoms with Gasteiger partial charge >= 0.3 is 0 Å². The summed E-state index contributed by atoms with van der Waals surface area (Å²) in [5, 5.41) is 7.30. The molecular weight excluding hydrogens is 304 g/mol. The lowest BCUT2D eigenvalue weighted by Crippen LogP contribution is -2.08. The second-order valence-electron chi connectivity index (χ2n) is 3.96. The van der Waals surface area contributed by atoms with Gasteiger partial charge in [0.2, 0.25) is 5.88 Å². The van der Waals surface area contributed by atoms with Crippen LogP contribution in [0.25, 0.3) is 11.4 Å². The van der Waals surface area contributed by atoms with Crippen molar-refractivity contribution in [2.45, 2.75) is 25.0 Å². The largest absolute Gasteiger partial charge is 0.480 e. The Morgan fingerprint density at radius 2 is 2.15 bits per heavy atom. The van der Waals surface area contributed by atoms with Crippen molar-refractivity contribution in [3.8, 4) is 17.3 Å². The van der Waals surface area contributed by atoms with E-state index in [2.05, 4.69) is 15.2 Å². The molecular formula is C11H13ClN4O3S. The van der Waals surface area contributed by atoms with Crippen LogP contribution in [0.1, 0.15) is 13.3 Å². The van der Waals surface area contributed by atoms with Crippen molar-refractivity contribution in [3.05, 3.63) is 18.3 Å². The molecule has 0 aliphatic heterocycles. The normalized spacial score (nSPS) is 11.6. The zero-order valence-electron chi connectivity index (χ0n) is 10.9. The number of hydrogen-bond acceptors (Lipinski definition) is 6. The van der Waals surface area contributed by atoms with E-state index in [1.54, 1.807) is 18.3 Å². The predicted octanol–water partition coefficient (Wildman–Crippen LogP) is 1.69. The molecule has 2 heterocycles. The third-order valence-electron chi connectivity index (χ3n) is 2.59. The highest BCUT2D eigenvalue weighted by Gasteiger charge is 2.24. The first-order valence-electron chi connectivity index (χ1n) is 5.86. The summed E-state index contributed by atoms with van der Waals surface area (Å²) < 4.78 is 29.6. The molecule has 0 unspecified atom stereocenters. The van der Waals surface area contributed by atoms with E-state index >= 15 is 0 Å². The predicted molar refractivity (Wildman–Crippen MR) is 73.1 cm³/mol. The van der Waals surface area contributed by atoms with Crippen molar-refractivity contribution >= 4 is 19.7 Å². The number of rotatable bonds is 5. The average Bonchev–Trinajstić information content (AvgIpc) is 2.82. The lowest BCUT2D eigenvalue weighted by atomic mass is 10.2. The van der Waals surface area contributed by atoms with Crippen LogP contribution < -0.4 is 4.74 Å². The molecule has 0 atom stereocenters.